The summed E-state index contributed by atoms with van der Waals surface area (Å²) in [6.07, 6.45) is -0.345. The number of carbonyl (C=O) groups is 1. The smallest absolute Gasteiger partial charge is 0.419 e. The SMILES string of the molecule is Cc1c(Br)c2ccccc2n1C(=O)OC(C)(C)C. The molecule has 0 atom stereocenters. The van der Waals surface area contributed by atoms with Gasteiger partial charge in [-0.05, 0) is 49.7 Å². The van der Waals surface area contributed by atoms with Crippen LogP contribution < -0.4 is 0 Å². The Morgan fingerprint density at radius 3 is 2.50 bits per heavy atom. The maximum atomic E-state index is 12.2. The summed E-state index contributed by atoms with van der Waals surface area (Å²) in [6.45, 7) is 7.48. The van der Waals surface area contributed by atoms with Crippen LogP contribution in [-0.4, -0.2) is 16.3 Å². The lowest BCUT2D eigenvalue weighted by molar-refractivity contribution is 0.0541. The standard InChI is InChI=1S/C14H16BrNO2/c1-9-12(15)10-7-5-6-8-11(10)16(9)13(17)18-14(2,3)4/h5-8H,1-4H3. The monoisotopic (exact) mass is 309 g/mol. The van der Waals surface area contributed by atoms with Crippen molar-refractivity contribution in [2.24, 2.45) is 0 Å². The third-order valence-electron chi connectivity index (χ3n) is 2.61. The molecule has 0 aliphatic rings. The van der Waals surface area contributed by atoms with Crippen LogP contribution >= 0.6 is 15.9 Å². The van der Waals surface area contributed by atoms with Crippen LogP contribution in [0.15, 0.2) is 28.7 Å². The third kappa shape index (κ3) is 2.29. The maximum Gasteiger partial charge on any atom is 0.419 e. The Kier molecular flexibility index (Phi) is 3.23. The fourth-order valence-corrected chi connectivity index (χ4v) is 2.38. The maximum absolute atomic E-state index is 12.2. The number of aromatic nitrogens is 1. The van der Waals surface area contributed by atoms with Crippen LogP contribution in [0.4, 0.5) is 4.79 Å². The van der Waals surface area contributed by atoms with E-state index >= 15 is 0 Å². The van der Waals surface area contributed by atoms with Gasteiger partial charge in [-0.3, -0.25) is 0 Å². The van der Waals surface area contributed by atoms with Crippen molar-refractivity contribution in [1.82, 2.24) is 4.57 Å². The van der Waals surface area contributed by atoms with Crippen molar-refractivity contribution in [3.05, 3.63) is 34.4 Å². The van der Waals surface area contributed by atoms with E-state index in [1.54, 1.807) is 4.57 Å². The number of halogens is 1. The van der Waals surface area contributed by atoms with Gasteiger partial charge in [0, 0.05) is 15.6 Å². The number of para-hydroxylation sites is 1. The highest BCUT2D eigenvalue weighted by molar-refractivity contribution is 9.10. The molecule has 0 unspecified atom stereocenters. The second-order valence-electron chi connectivity index (χ2n) is 5.23. The van der Waals surface area contributed by atoms with Gasteiger partial charge in [0.05, 0.1) is 5.52 Å². The van der Waals surface area contributed by atoms with E-state index in [2.05, 4.69) is 15.9 Å². The minimum Gasteiger partial charge on any atom is -0.443 e. The van der Waals surface area contributed by atoms with Crippen LogP contribution in [0.5, 0.6) is 0 Å². The normalized spacial score (nSPS) is 11.8. The van der Waals surface area contributed by atoms with E-state index in [0.717, 1.165) is 21.1 Å². The van der Waals surface area contributed by atoms with Gasteiger partial charge in [0.25, 0.3) is 0 Å². The Labute approximate surface area is 115 Å². The highest BCUT2D eigenvalue weighted by Crippen LogP contribution is 2.30. The molecule has 4 heteroatoms. The zero-order valence-corrected chi connectivity index (χ0v) is 12.5. The van der Waals surface area contributed by atoms with Crippen molar-refractivity contribution < 1.29 is 9.53 Å². The molecule has 1 aromatic carbocycles. The highest BCUT2D eigenvalue weighted by atomic mass is 79.9. The summed E-state index contributed by atoms with van der Waals surface area (Å²) in [5.74, 6) is 0. The second kappa shape index (κ2) is 4.43. The molecule has 0 aliphatic heterocycles. The zero-order chi connectivity index (χ0) is 13.5. The first-order valence-corrected chi connectivity index (χ1v) is 6.59. The van der Waals surface area contributed by atoms with Gasteiger partial charge < -0.3 is 4.74 Å². The Morgan fingerprint density at radius 2 is 1.89 bits per heavy atom. The molecule has 0 saturated carbocycles. The van der Waals surface area contributed by atoms with Gasteiger partial charge in [0.1, 0.15) is 5.60 Å². The number of hydrogen-bond donors (Lipinski definition) is 0. The Hall–Kier alpha value is -1.29. The molecule has 0 aliphatic carbocycles. The molecule has 0 fully saturated rings. The molecule has 0 bridgehead atoms. The number of hydrogen-bond acceptors (Lipinski definition) is 2. The van der Waals surface area contributed by atoms with E-state index < -0.39 is 5.60 Å². The highest BCUT2D eigenvalue weighted by Gasteiger charge is 2.22. The van der Waals surface area contributed by atoms with Crippen molar-refractivity contribution in [3.8, 4) is 0 Å². The van der Waals surface area contributed by atoms with Crippen LogP contribution in [0.3, 0.4) is 0 Å². The molecule has 0 radical (unpaired) electrons. The van der Waals surface area contributed by atoms with Crippen molar-refractivity contribution in [3.63, 3.8) is 0 Å². The lowest BCUT2D eigenvalue weighted by Crippen LogP contribution is -2.27. The summed E-state index contributed by atoms with van der Waals surface area (Å²) in [5.41, 5.74) is 1.21. The predicted molar refractivity (Wildman–Crippen MR) is 76.0 cm³/mol. The van der Waals surface area contributed by atoms with Gasteiger partial charge in [-0.25, -0.2) is 9.36 Å². The van der Waals surface area contributed by atoms with Gasteiger partial charge in [-0.15, -0.1) is 0 Å². The van der Waals surface area contributed by atoms with Crippen LogP contribution in [0.1, 0.15) is 26.5 Å². The zero-order valence-electron chi connectivity index (χ0n) is 11.0. The lowest BCUT2D eigenvalue weighted by atomic mass is 10.2. The predicted octanol–water partition coefficient (Wildman–Crippen LogP) is 4.50. The van der Waals surface area contributed by atoms with Gasteiger partial charge in [0.2, 0.25) is 0 Å². The molecule has 18 heavy (non-hydrogen) atoms. The van der Waals surface area contributed by atoms with Crippen LogP contribution in [0, 0.1) is 6.92 Å². The van der Waals surface area contributed by atoms with E-state index in [-0.39, 0.29) is 6.09 Å². The molecule has 0 amide bonds. The van der Waals surface area contributed by atoms with Crippen molar-refractivity contribution >= 4 is 32.9 Å². The first-order valence-electron chi connectivity index (χ1n) is 5.80. The summed E-state index contributed by atoms with van der Waals surface area (Å²) >= 11 is 3.52. The van der Waals surface area contributed by atoms with Crippen molar-refractivity contribution in [2.45, 2.75) is 33.3 Å². The van der Waals surface area contributed by atoms with E-state index in [4.69, 9.17) is 4.74 Å². The number of rotatable bonds is 0. The minimum absolute atomic E-state index is 0.345. The average Bonchev–Trinajstić information content (AvgIpc) is 2.50. The van der Waals surface area contributed by atoms with Gasteiger partial charge >= 0.3 is 6.09 Å². The van der Waals surface area contributed by atoms with E-state index in [9.17, 15) is 4.79 Å². The number of fused-ring (bicyclic) bond motifs is 1. The molecular weight excluding hydrogens is 294 g/mol. The Balaban J connectivity index is 2.58. The fourth-order valence-electron chi connectivity index (χ4n) is 1.87. The van der Waals surface area contributed by atoms with Crippen LogP contribution in [-0.2, 0) is 4.74 Å². The first-order chi connectivity index (χ1) is 8.31. The summed E-state index contributed by atoms with van der Waals surface area (Å²) in [5, 5.41) is 1.01. The third-order valence-corrected chi connectivity index (χ3v) is 3.61. The molecule has 0 saturated heterocycles. The Bertz CT molecular complexity index is 608. The number of nitrogens with zero attached hydrogens (tertiary/aromatic N) is 1. The topological polar surface area (TPSA) is 31.2 Å². The quantitative estimate of drug-likeness (QED) is 0.717. The largest absolute Gasteiger partial charge is 0.443 e. The van der Waals surface area contributed by atoms with E-state index in [1.807, 2.05) is 52.0 Å². The number of benzene rings is 1. The molecule has 2 rings (SSSR count). The lowest BCUT2D eigenvalue weighted by Gasteiger charge is -2.20. The molecule has 1 aromatic heterocycles. The fraction of sp³-hybridized carbons (Fsp3) is 0.357. The summed E-state index contributed by atoms with van der Waals surface area (Å²) < 4.78 is 7.97. The summed E-state index contributed by atoms with van der Waals surface area (Å²) in [4.78, 5) is 12.2. The molecule has 3 nitrogen and oxygen atoms in total. The number of carbonyl (C=O) groups excluding carboxylic acids is 1. The van der Waals surface area contributed by atoms with E-state index in [0.29, 0.717) is 0 Å². The molecule has 2 aromatic rings. The minimum atomic E-state index is -0.499. The van der Waals surface area contributed by atoms with Gasteiger partial charge in [-0.2, -0.15) is 0 Å². The van der Waals surface area contributed by atoms with Gasteiger partial charge in [0.15, 0.2) is 0 Å². The molecule has 0 spiro atoms. The summed E-state index contributed by atoms with van der Waals surface area (Å²) in [6, 6.07) is 7.76. The molecule has 1 heterocycles. The Morgan fingerprint density at radius 1 is 1.28 bits per heavy atom. The second-order valence-corrected chi connectivity index (χ2v) is 6.03. The average molecular weight is 310 g/mol. The first kappa shape index (κ1) is 13.1. The van der Waals surface area contributed by atoms with E-state index in [1.165, 1.54) is 0 Å². The number of ether oxygens (including phenoxy) is 1. The molecular formula is C14H16BrNO2. The molecule has 96 valence electrons. The van der Waals surface area contributed by atoms with Crippen LogP contribution in [0.25, 0.3) is 10.9 Å². The van der Waals surface area contributed by atoms with Crippen molar-refractivity contribution in [1.29, 1.82) is 0 Å². The van der Waals surface area contributed by atoms with Crippen molar-refractivity contribution in [2.75, 3.05) is 0 Å². The van der Waals surface area contributed by atoms with Crippen LogP contribution in [0.2, 0.25) is 0 Å². The summed E-state index contributed by atoms with van der Waals surface area (Å²) in [7, 11) is 0. The van der Waals surface area contributed by atoms with Gasteiger partial charge in [-0.1, -0.05) is 18.2 Å². The molecule has 0 N–H and O–H groups in total.